The molecule has 3 rings (SSSR count). The van der Waals surface area contributed by atoms with E-state index < -0.39 is 5.97 Å². The minimum atomic E-state index is -0.452. The summed E-state index contributed by atoms with van der Waals surface area (Å²) in [5.74, 6) is -0.605. The Balaban J connectivity index is 1.49. The summed E-state index contributed by atoms with van der Waals surface area (Å²) >= 11 is 13.5. The molecule has 0 aliphatic rings. The Kier molecular flexibility index (Phi) is 7.25. The van der Waals surface area contributed by atoms with E-state index in [4.69, 9.17) is 27.9 Å². The molecule has 0 atom stereocenters. The fraction of sp³-hybridized carbons (Fsp3) is 0.190. The van der Waals surface area contributed by atoms with Crippen molar-refractivity contribution in [3.63, 3.8) is 0 Å². The van der Waals surface area contributed by atoms with Gasteiger partial charge in [-0.25, -0.2) is 4.98 Å². The third kappa shape index (κ3) is 6.29. The van der Waals surface area contributed by atoms with Crippen molar-refractivity contribution in [2.75, 3.05) is 5.32 Å². The molecule has 0 fully saturated rings. The number of hydrogen-bond donors (Lipinski definition) is 1. The van der Waals surface area contributed by atoms with E-state index in [0.29, 0.717) is 26.3 Å². The van der Waals surface area contributed by atoms with Crippen LogP contribution in [0.4, 0.5) is 5.69 Å². The van der Waals surface area contributed by atoms with Crippen molar-refractivity contribution in [2.24, 2.45) is 0 Å². The van der Waals surface area contributed by atoms with Gasteiger partial charge in [0.15, 0.2) is 0 Å². The number of amides is 1. The van der Waals surface area contributed by atoms with E-state index >= 15 is 0 Å². The maximum atomic E-state index is 12.2. The van der Waals surface area contributed by atoms with Gasteiger partial charge in [-0.2, -0.15) is 0 Å². The first-order valence-electron chi connectivity index (χ1n) is 8.79. The van der Waals surface area contributed by atoms with Crippen LogP contribution in [-0.4, -0.2) is 16.9 Å². The van der Waals surface area contributed by atoms with Gasteiger partial charge >= 0.3 is 5.97 Å². The van der Waals surface area contributed by atoms with Crippen LogP contribution in [0.5, 0.6) is 0 Å². The van der Waals surface area contributed by atoms with Gasteiger partial charge in [0.2, 0.25) is 5.91 Å². The molecule has 5 nitrogen and oxygen atoms in total. The molecule has 2 aromatic carbocycles. The lowest BCUT2D eigenvalue weighted by atomic mass is 10.1. The van der Waals surface area contributed by atoms with Crippen LogP contribution in [0.3, 0.4) is 0 Å². The summed E-state index contributed by atoms with van der Waals surface area (Å²) < 4.78 is 5.25. The lowest BCUT2D eigenvalue weighted by Gasteiger charge is -2.07. The van der Waals surface area contributed by atoms with Crippen LogP contribution in [0.15, 0.2) is 47.8 Å². The zero-order valence-electron chi connectivity index (χ0n) is 15.6. The molecule has 1 amide bonds. The van der Waals surface area contributed by atoms with E-state index in [1.807, 2.05) is 31.2 Å². The standard InChI is InChI=1S/C21H18Cl2N2O3S/c1-13-5-7-14(8-6-13)24-19(26)10-20-25-15(12-29-20)11-28-21(27)9-16-17(22)3-2-4-18(16)23/h2-8,12H,9-11H2,1H3,(H,24,26). The second-order valence-corrected chi connectivity index (χ2v) is 8.12. The maximum Gasteiger partial charge on any atom is 0.310 e. The van der Waals surface area contributed by atoms with Crippen LogP contribution >= 0.6 is 34.5 Å². The van der Waals surface area contributed by atoms with Crippen LogP contribution < -0.4 is 5.32 Å². The smallest absolute Gasteiger partial charge is 0.310 e. The molecule has 3 aromatic rings. The molecule has 0 spiro atoms. The Morgan fingerprint density at radius 2 is 1.76 bits per heavy atom. The van der Waals surface area contributed by atoms with Gasteiger partial charge in [-0.3, -0.25) is 9.59 Å². The molecular formula is C21H18Cl2N2O3S. The quantitative estimate of drug-likeness (QED) is 0.502. The highest BCUT2D eigenvalue weighted by Gasteiger charge is 2.13. The summed E-state index contributed by atoms with van der Waals surface area (Å²) in [5.41, 5.74) is 2.99. The number of aryl methyl sites for hydroxylation is 1. The van der Waals surface area contributed by atoms with E-state index in [0.717, 1.165) is 11.3 Å². The molecule has 1 heterocycles. The summed E-state index contributed by atoms with van der Waals surface area (Å²) in [7, 11) is 0. The highest BCUT2D eigenvalue weighted by atomic mass is 35.5. The average molecular weight is 449 g/mol. The Hall–Kier alpha value is -2.41. The number of aromatic nitrogens is 1. The first-order valence-corrected chi connectivity index (χ1v) is 10.4. The lowest BCUT2D eigenvalue weighted by Crippen LogP contribution is -2.14. The van der Waals surface area contributed by atoms with E-state index in [-0.39, 0.29) is 25.4 Å². The summed E-state index contributed by atoms with van der Waals surface area (Å²) in [6.45, 7) is 2.01. The van der Waals surface area contributed by atoms with Crippen LogP contribution in [-0.2, 0) is 33.8 Å². The van der Waals surface area contributed by atoms with Crippen LogP contribution in [0.2, 0.25) is 10.0 Å². The first kappa shape index (κ1) is 21.3. The molecule has 0 radical (unpaired) electrons. The molecule has 8 heteroatoms. The predicted molar refractivity (Wildman–Crippen MR) is 116 cm³/mol. The van der Waals surface area contributed by atoms with E-state index in [2.05, 4.69) is 10.3 Å². The van der Waals surface area contributed by atoms with Crippen molar-refractivity contribution in [3.8, 4) is 0 Å². The molecule has 0 aliphatic carbocycles. The minimum Gasteiger partial charge on any atom is -0.459 e. The van der Waals surface area contributed by atoms with E-state index in [1.54, 1.807) is 23.6 Å². The molecule has 1 N–H and O–H groups in total. The van der Waals surface area contributed by atoms with Gasteiger partial charge in [0, 0.05) is 26.7 Å². The van der Waals surface area contributed by atoms with Gasteiger partial charge in [-0.1, -0.05) is 47.0 Å². The number of halogens is 2. The van der Waals surface area contributed by atoms with Gasteiger partial charge in [-0.05, 0) is 31.2 Å². The zero-order chi connectivity index (χ0) is 20.8. The highest BCUT2D eigenvalue weighted by Crippen LogP contribution is 2.25. The SMILES string of the molecule is Cc1ccc(NC(=O)Cc2nc(COC(=O)Cc3c(Cl)cccc3Cl)cs2)cc1. The first-order chi connectivity index (χ1) is 13.9. The number of thiazole rings is 1. The van der Waals surface area contributed by atoms with Crippen LogP contribution in [0, 0.1) is 6.92 Å². The van der Waals surface area contributed by atoms with Gasteiger partial charge in [-0.15, -0.1) is 11.3 Å². The third-order valence-corrected chi connectivity index (χ3v) is 5.62. The summed E-state index contributed by atoms with van der Waals surface area (Å²) in [6.07, 6.45) is 0.135. The number of hydrogen-bond acceptors (Lipinski definition) is 5. The van der Waals surface area contributed by atoms with Crippen molar-refractivity contribution in [1.82, 2.24) is 4.98 Å². The third-order valence-electron chi connectivity index (χ3n) is 4.01. The Morgan fingerprint density at radius 1 is 1.07 bits per heavy atom. The number of carbonyl (C=O) groups excluding carboxylic acids is 2. The number of nitrogens with one attached hydrogen (secondary N) is 1. The topological polar surface area (TPSA) is 68.3 Å². The van der Waals surface area contributed by atoms with Gasteiger partial charge in [0.05, 0.1) is 18.5 Å². The van der Waals surface area contributed by atoms with E-state index in [1.165, 1.54) is 11.3 Å². The van der Waals surface area contributed by atoms with Crippen LogP contribution in [0.25, 0.3) is 0 Å². The monoisotopic (exact) mass is 448 g/mol. The minimum absolute atomic E-state index is 0.0194. The molecule has 0 bridgehead atoms. The van der Waals surface area contributed by atoms with Crippen molar-refractivity contribution >= 4 is 52.1 Å². The summed E-state index contributed by atoms with van der Waals surface area (Å²) in [6, 6.07) is 12.6. The summed E-state index contributed by atoms with van der Waals surface area (Å²) in [4.78, 5) is 28.6. The largest absolute Gasteiger partial charge is 0.459 e. The van der Waals surface area contributed by atoms with Crippen molar-refractivity contribution in [3.05, 3.63) is 79.7 Å². The molecular weight excluding hydrogens is 431 g/mol. The number of benzene rings is 2. The predicted octanol–water partition coefficient (Wildman–Crippen LogP) is 5.23. The number of anilines is 1. The number of rotatable bonds is 7. The van der Waals surface area contributed by atoms with Crippen molar-refractivity contribution in [2.45, 2.75) is 26.4 Å². The van der Waals surface area contributed by atoms with E-state index in [9.17, 15) is 9.59 Å². The molecule has 0 saturated heterocycles. The van der Waals surface area contributed by atoms with Crippen molar-refractivity contribution in [1.29, 1.82) is 0 Å². The number of ether oxygens (including phenoxy) is 1. The number of carbonyl (C=O) groups is 2. The van der Waals surface area contributed by atoms with Crippen LogP contribution in [0.1, 0.15) is 21.8 Å². The molecule has 0 unspecified atom stereocenters. The molecule has 29 heavy (non-hydrogen) atoms. The highest BCUT2D eigenvalue weighted by molar-refractivity contribution is 7.09. The Labute approximate surface area is 182 Å². The zero-order valence-corrected chi connectivity index (χ0v) is 17.9. The lowest BCUT2D eigenvalue weighted by molar-refractivity contribution is -0.144. The summed E-state index contributed by atoms with van der Waals surface area (Å²) in [5, 5.41) is 6.09. The number of nitrogens with zero attached hydrogens (tertiary/aromatic N) is 1. The van der Waals surface area contributed by atoms with Gasteiger partial charge < -0.3 is 10.1 Å². The Bertz CT molecular complexity index is 999. The maximum absolute atomic E-state index is 12.2. The van der Waals surface area contributed by atoms with Crippen molar-refractivity contribution < 1.29 is 14.3 Å². The average Bonchev–Trinajstić information content (AvgIpc) is 3.12. The number of esters is 1. The Morgan fingerprint density at radius 3 is 2.45 bits per heavy atom. The second kappa shape index (κ2) is 9.87. The molecule has 150 valence electrons. The normalized spacial score (nSPS) is 10.6. The molecule has 0 aliphatic heterocycles. The molecule has 0 saturated carbocycles. The second-order valence-electron chi connectivity index (χ2n) is 6.36. The van der Waals surface area contributed by atoms with Gasteiger partial charge in [0.25, 0.3) is 0 Å². The van der Waals surface area contributed by atoms with Gasteiger partial charge in [0.1, 0.15) is 11.6 Å². The fourth-order valence-corrected chi connectivity index (χ4v) is 3.84. The fourth-order valence-electron chi connectivity index (χ4n) is 2.53. The molecule has 1 aromatic heterocycles.